The molecule has 45 heteroatoms. The number of carbonyl (C=O) groups is 15. The molecule has 0 bridgehead atoms. The van der Waals surface area contributed by atoms with Crippen molar-refractivity contribution >= 4 is 89.4 Å². The van der Waals surface area contributed by atoms with Crippen LogP contribution in [0.25, 0.3) is 0 Å². The molecule has 548 valence electrons. The third-order valence-corrected chi connectivity index (χ3v) is 5.53. The lowest BCUT2D eigenvalue weighted by atomic mass is 10.1. The van der Waals surface area contributed by atoms with Crippen molar-refractivity contribution in [1.29, 1.82) is 0 Å². The van der Waals surface area contributed by atoms with Crippen LogP contribution in [-0.4, -0.2) is 347 Å². The summed E-state index contributed by atoms with van der Waals surface area (Å²) in [6.07, 6.45) is -8.90. The van der Waals surface area contributed by atoms with E-state index in [1.165, 1.54) is 6.92 Å². The van der Waals surface area contributed by atoms with Crippen LogP contribution in [-0.2, 0) is 71.9 Å². The van der Waals surface area contributed by atoms with Gasteiger partial charge in [0.15, 0.2) is 12.2 Å². The van der Waals surface area contributed by atoms with Gasteiger partial charge in [-0.15, -0.1) is 0 Å². The van der Waals surface area contributed by atoms with E-state index < -0.39 is 152 Å². The van der Waals surface area contributed by atoms with Gasteiger partial charge in [0.25, 0.3) is 0 Å². The predicted molar refractivity (Wildman–Crippen MR) is 296 cm³/mol. The van der Waals surface area contributed by atoms with E-state index in [0.717, 1.165) is 35.4 Å². The van der Waals surface area contributed by atoms with E-state index in [2.05, 4.69) is 0 Å². The number of carboxylic acid groups (broad SMARTS) is 14. The molecule has 0 aromatic rings. The second-order valence-corrected chi connectivity index (χ2v) is 14.2. The van der Waals surface area contributed by atoms with Crippen molar-refractivity contribution < 1.29 is 225 Å². The lowest BCUT2D eigenvalue weighted by Gasteiger charge is -2.06. The minimum atomic E-state index is -1.38. The third kappa shape index (κ3) is 228. The summed E-state index contributed by atoms with van der Waals surface area (Å²) in [4.78, 5) is 143. The SMILES string of the molecule is CC(=O)C(=O)O.CC(C)C(O)C(=O)O.CC(O)CC(=O)O.CCCC(O)C(=O)O.CO.CO.CO.CO.O=C(O)CC(=O)O.O=C(O)CC(=O)O.O=C(O)CC(=O)O.O=C(O)CC(=O)O.O=C(O)CCC(=O)O.OCC(O)CO.OCC(O)CO.OCC(O)CO. The molecule has 45 nitrogen and oxygen atoms in total. The van der Waals surface area contributed by atoms with E-state index in [9.17, 15) is 71.9 Å². The highest BCUT2D eigenvalue weighted by Crippen LogP contribution is 1.99. The Bertz CT molecular complexity index is 1570. The van der Waals surface area contributed by atoms with Crippen LogP contribution in [0.5, 0.6) is 0 Å². The number of carboxylic acids is 14. The van der Waals surface area contributed by atoms with Crippen LogP contribution in [0.15, 0.2) is 0 Å². The fourth-order valence-electron chi connectivity index (χ4n) is 1.84. The summed E-state index contributed by atoms with van der Waals surface area (Å²) >= 11 is 0. The van der Waals surface area contributed by atoms with Crippen molar-refractivity contribution in [1.82, 2.24) is 0 Å². The Hall–Kier alpha value is -8.39. The molecule has 91 heavy (non-hydrogen) atoms. The maximum atomic E-state index is 9.89. The molecule has 3 atom stereocenters. The first kappa shape index (κ1) is 124. The minimum absolute atomic E-state index is 0.167. The molecule has 0 spiro atoms. The molecular weight excluding hydrogens is 1270 g/mol. The molecule has 0 aromatic carbocycles. The summed E-state index contributed by atoms with van der Waals surface area (Å²) in [7, 11) is 4.00. The Kier molecular flexibility index (Phi) is 137. The molecule has 30 N–H and O–H groups in total. The number of hydrogen-bond acceptors (Lipinski definition) is 31. The van der Waals surface area contributed by atoms with Crippen molar-refractivity contribution in [2.24, 2.45) is 5.92 Å². The topological polar surface area (TPSA) is 863 Å². The van der Waals surface area contributed by atoms with E-state index in [0.29, 0.717) is 12.8 Å². The second kappa shape index (κ2) is 101. The average Bonchev–Trinajstić information content (AvgIpc) is 3.46. The monoisotopic (exact) mass is 1370 g/mol. The summed E-state index contributed by atoms with van der Waals surface area (Å²) in [5, 5.41) is 235. The Labute approximate surface area is 516 Å². The van der Waals surface area contributed by atoms with Gasteiger partial charge in [0, 0.05) is 35.4 Å². The highest BCUT2D eigenvalue weighted by atomic mass is 16.4. The van der Waals surface area contributed by atoms with Gasteiger partial charge in [-0.05, 0) is 19.3 Å². The zero-order valence-corrected chi connectivity index (χ0v) is 50.7. The quantitative estimate of drug-likeness (QED) is 0.0298. The van der Waals surface area contributed by atoms with Gasteiger partial charge in [0.1, 0.15) is 44.0 Å². The Morgan fingerprint density at radius 1 is 0.319 bits per heavy atom. The van der Waals surface area contributed by atoms with Gasteiger partial charge in [-0.3, -0.25) is 57.5 Å². The molecule has 0 aliphatic carbocycles. The average molecular weight is 1370 g/mol. The highest BCUT2D eigenvalue weighted by molar-refractivity contribution is 6.31. The number of ketones is 1. The molecule has 0 saturated carbocycles. The summed E-state index contributed by atoms with van der Waals surface area (Å²) in [5.74, 6) is -18.3. The maximum absolute atomic E-state index is 9.89. The number of hydrogen-bond donors (Lipinski definition) is 30. The van der Waals surface area contributed by atoms with Gasteiger partial charge in [-0.2, -0.15) is 0 Å². The fourth-order valence-corrected chi connectivity index (χ4v) is 1.84. The van der Waals surface area contributed by atoms with Gasteiger partial charge in [0.2, 0.25) is 5.78 Å². The predicted octanol–water partition coefficient (Wildman–Crippen LogP) is -8.63. The molecule has 0 heterocycles. The van der Waals surface area contributed by atoms with Crippen LogP contribution in [0.2, 0.25) is 0 Å². The summed E-state index contributed by atoms with van der Waals surface area (Å²) in [5.41, 5.74) is 0. The molecule has 0 aromatic heterocycles. The number of rotatable bonds is 25. The van der Waals surface area contributed by atoms with Crippen molar-refractivity contribution in [3.8, 4) is 0 Å². The zero-order valence-electron chi connectivity index (χ0n) is 50.7. The number of aliphatic hydroxyl groups excluding tert-OH is 16. The maximum Gasteiger partial charge on any atom is 0.371 e. The smallest absolute Gasteiger partial charge is 0.371 e. The van der Waals surface area contributed by atoms with E-state index in [-0.39, 0.29) is 64.8 Å². The van der Waals surface area contributed by atoms with Crippen LogP contribution in [0, 0.1) is 5.92 Å². The standard InChI is InChI=1S/2C5H10O3.C4H6O4.C4H8O3.4C3H4O4.3C3H8O3.C3H4O3.4CH4O/c1-3(2)4(6)5(7)8;1-2-3-4(6)5(7)8;5-3(6)1-2-4(7)8;1-3(5)2-4(6)7;4*4-2(5)1-3(6)7;3*4-1-3(6)2-5;1-2(4)3(5)6;4*1-2/h3-4,6H,1-2H3,(H,7,8);4,6H,2-3H2,1H3,(H,7,8);1-2H2,(H,5,6)(H,7,8);3,5H,2H2,1H3,(H,6,7);4*1H2,(H,4,5)(H,6,7);3*3-6H,1-2H2;1H3,(H,5,6);4*2H,1H3. The lowest BCUT2D eigenvalue weighted by molar-refractivity contribution is -0.149. The highest BCUT2D eigenvalue weighted by Gasteiger charge is 2.16. The first-order valence-corrected chi connectivity index (χ1v) is 23.7. The summed E-state index contributed by atoms with van der Waals surface area (Å²) < 4.78 is 0. The number of aliphatic hydroxyl groups is 16. The molecule has 0 radical (unpaired) electrons. The summed E-state index contributed by atoms with van der Waals surface area (Å²) in [6.45, 7) is 5.38. The number of carbonyl (C=O) groups excluding carboxylic acids is 1. The van der Waals surface area contributed by atoms with Crippen LogP contribution in [0.1, 0.15) is 92.4 Å². The van der Waals surface area contributed by atoms with Crippen LogP contribution in [0.3, 0.4) is 0 Å². The first-order chi connectivity index (χ1) is 41.6. The van der Waals surface area contributed by atoms with E-state index in [4.69, 9.17) is 153 Å². The minimum Gasteiger partial charge on any atom is -0.481 e. The lowest BCUT2D eigenvalue weighted by Crippen LogP contribution is -2.25. The van der Waals surface area contributed by atoms with Crippen molar-refractivity contribution in [2.75, 3.05) is 68.1 Å². The first-order valence-electron chi connectivity index (χ1n) is 23.7. The normalized spacial score (nSPS) is 9.37. The van der Waals surface area contributed by atoms with Gasteiger partial charge in [-0.25, -0.2) is 14.4 Å². The van der Waals surface area contributed by atoms with Crippen LogP contribution >= 0.6 is 0 Å². The van der Waals surface area contributed by atoms with Gasteiger partial charge < -0.3 is 153 Å². The largest absolute Gasteiger partial charge is 0.481 e. The number of aliphatic carboxylic acids is 14. The number of Topliss-reactive ketones (excluding diaryl/α,β-unsaturated/α-hetero) is 1. The third-order valence-electron chi connectivity index (χ3n) is 5.53. The second-order valence-electron chi connectivity index (χ2n) is 14.2. The Morgan fingerprint density at radius 2 is 0.505 bits per heavy atom. The van der Waals surface area contributed by atoms with Crippen molar-refractivity contribution in [3.63, 3.8) is 0 Å². The van der Waals surface area contributed by atoms with Crippen molar-refractivity contribution in [3.05, 3.63) is 0 Å². The molecule has 0 amide bonds. The van der Waals surface area contributed by atoms with Gasteiger partial charge >= 0.3 is 83.6 Å². The van der Waals surface area contributed by atoms with E-state index in [1.54, 1.807) is 13.8 Å². The van der Waals surface area contributed by atoms with Crippen molar-refractivity contribution in [2.45, 2.75) is 129 Å². The molecule has 3 unspecified atom stereocenters. The summed E-state index contributed by atoms with van der Waals surface area (Å²) in [6, 6.07) is 0. The van der Waals surface area contributed by atoms with Crippen LogP contribution in [0.4, 0.5) is 0 Å². The Balaban J connectivity index is -0.0000000477. The molecule has 0 rings (SSSR count). The van der Waals surface area contributed by atoms with Crippen LogP contribution < -0.4 is 0 Å². The van der Waals surface area contributed by atoms with E-state index >= 15 is 0 Å². The molecule has 0 aliphatic heterocycles. The van der Waals surface area contributed by atoms with Gasteiger partial charge in [0.05, 0.1) is 65.0 Å². The molecule has 0 saturated heterocycles. The molecule has 0 fully saturated rings. The molecule has 0 aliphatic rings. The van der Waals surface area contributed by atoms with E-state index in [1.807, 2.05) is 6.92 Å². The van der Waals surface area contributed by atoms with Gasteiger partial charge in [-0.1, -0.05) is 27.2 Å². The Morgan fingerprint density at radius 3 is 0.527 bits per heavy atom. The fraction of sp³-hybridized carbons (Fsp3) is 0.674. The molecular formula is C46H94O45. The zero-order chi connectivity index (χ0) is 77.3.